The molecule has 26 heavy (non-hydrogen) atoms. The van der Waals surface area contributed by atoms with Crippen molar-refractivity contribution < 1.29 is 10.0 Å². The highest BCUT2D eigenvalue weighted by Crippen LogP contribution is 2.34. The lowest BCUT2D eigenvalue weighted by Gasteiger charge is -2.20. The van der Waals surface area contributed by atoms with Crippen LogP contribution in [0.2, 0.25) is 0 Å². The standard InChI is InChI=1S/C19H22N4O2S/c1-13-18(26-17(21-13)10-14-5-2-3-6-14)23(19(24)22-25)12-16-8-4-7-15(9-16)11-20/h4,7-9,14,25H,2-3,5-6,10,12H2,1H3,(H,22,24). The van der Waals surface area contributed by atoms with E-state index in [0.29, 0.717) is 11.5 Å². The number of nitrogens with one attached hydrogen (secondary N) is 1. The third-order valence-corrected chi connectivity index (χ3v) is 5.94. The predicted octanol–water partition coefficient (Wildman–Crippen LogP) is 4.16. The number of thiazole rings is 1. The number of aromatic nitrogens is 1. The molecule has 1 saturated carbocycles. The second kappa shape index (κ2) is 8.30. The molecule has 6 nitrogen and oxygen atoms in total. The van der Waals surface area contributed by atoms with Crippen molar-refractivity contribution >= 4 is 22.4 Å². The molecule has 7 heteroatoms. The van der Waals surface area contributed by atoms with Crippen molar-refractivity contribution in [1.29, 1.82) is 5.26 Å². The van der Waals surface area contributed by atoms with E-state index in [1.807, 2.05) is 13.0 Å². The molecule has 0 spiro atoms. The second-order valence-corrected chi connectivity index (χ2v) is 7.73. The number of urea groups is 1. The topological polar surface area (TPSA) is 89.2 Å². The van der Waals surface area contributed by atoms with Crippen LogP contribution in [0.4, 0.5) is 9.80 Å². The zero-order chi connectivity index (χ0) is 18.5. The van der Waals surface area contributed by atoms with E-state index in [1.165, 1.54) is 41.9 Å². The first-order chi connectivity index (χ1) is 12.6. The minimum absolute atomic E-state index is 0.258. The Morgan fingerprint density at radius 3 is 2.92 bits per heavy atom. The van der Waals surface area contributed by atoms with E-state index in [-0.39, 0.29) is 6.54 Å². The van der Waals surface area contributed by atoms with Gasteiger partial charge >= 0.3 is 6.03 Å². The Morgan fingerprint density at radius 2 is 2.23 bits per heavy atom. The van der Waals surface area contributed by atoms with Gasteiger partial charge in [0.05, 0.1) is 28.9 Å². The molecule has 0 atom stereocenters. The average molecular weight is 370 g/mol. The highest BCUT2D eigenvalue weighted by molar-refractivity contribution is 7.16. The van der Waals surface area contributed by atoms with Gasteiger partial charge in [-0.2, -0.15) is 5.26 Å². The quantitative estimate of drug-likeness (QED) is 0.611. The lowest BCUT2D eigenvalue weighted by Crippen LogP contribution is -2.37. The summed E-state index contributed by atoms with van der Waals surface area (Å²) >= 11 is 1.51. The molecule has 1 aliphatic carbocycles. The number of rotatable bonds is 5. The Morgan fingerprint density at radius 1 is 1.46 bits per heavy atom. The Bertz CT molecular complexity index is 821. The number of nitrogens with zero attached hydrogens (tertiary/aromatic N) is 3. The van der Waals surface area contributed by atoms with Crippen LogP contribution in [0.25, 0.3) is 0 Å². The van der Waals surface area contributed by atoms with Gasteiger partial charge in [0.2, 0.25) is 0 Å². The van der Waals surface area contributed by atoms with Crippen LogP contribution in [0.3, 0.4) is 0 Å². The molecule has 1 aromatic carbocycles. The Hall–Kier alpha value is -2.43. The zero-order valence-electron chi connectivity index (χ0n) is 14.7. The Kier molecular flexibility index (Phi) is 5.86. The normalized spacial score (nSPS) is 14.2. The lowest BCUT2D eigenvalue weighted by molar-refractivity contribution is 0.166. The molecule has 0 saturated heterocycles. The molecule has 1 fully saturated rings. The molecule has 3 rings (SSSR count). The summed E-state index contributed by atoms with van der Waals surface area (Å²) in [4.78, 5) is 18.4. The van der Waals surface area contributed by atoms with Crippen molar-refractivity contribution in [3.63, 3.8) is 0 Å². The van der Waals surface area contributed by atoms with Crippen LogP contribution in [0.1, 0.15) is 47.5 Å². The van der Waals surface area contributed by atoms with E-state index < -0.39 is 6.03 Å². The van der Waals surface area contributed by atoms with Gasteiger partial charge in [-0.25, -0.2) is 15.3 Å². The minimum Gasteiger partial charge on any atom is -0.287 e. The van der Waals surface area contributed by atoms with Gasteiger partial charge in [-0.3, -0.25) is 10.1 Å². The molecule has 2 amide bonds. The van der Waals surface area contributed by atoms with Gasteiger partial charge in [-0.15, -0.1) is 11.3 Å². The smallest absolute Gasteiger partial charge is 0.287 e. The number of hydroxylamine groups is 1. The number of aryl methyl sites for hydroxylation is 1. The van der Waals surface area contributed by atoms with E-state index >= 15 is 0 Å². The Labute approximate surface area is 157 Å². The van der Waals surface area contributed by atoms with Crippen LogP contribution < -0.4 is 10.4 Å². The molecule has 0 bridgehead atoms. The fraction of sp³-hybridized carbons (Fsp3) is 0.421. The van der Waals surface area contributed by atoms with E-state index in [4.69, 9.17) is 10.5 Å². The summed E-state index contributed by atoms with van der Waals surface area (Å²) in [5.41, 5.74) is 3.86. The summed E-state index contributed by atoms with van der Waals surface area (Å²) in [6.45, 7) is 2.14. The number of carbonyl (C=O) groups is 1. The summed E-state index contributed by atoms with van der Waals surface area (Å²) in [5.74, 6) is 0.681. The minimum atomic E-state index is -0.605. The van der Waals surface area contributed by atoms with Crippen LogP contribution in [0, 0.1) is 24.2 Å². The third-order valence-electron chi connectivity index (χ3n) is 4.74. The van der Waals surface area contributed by atoms with Crippen molar-refractivity contribution in [2.24, 2.45) is 5.92 Å². The maximum Gasteiger partial charge on any atom is 0.346 e. The number of benzene rings is 1. The first-order valence-electron chi connectivity index (χ1n) is 8.77. The molecule has 2 aromatic rings. The number of nitriles is 1. The number of anilines is 1. The maximum atomic E-state index is 12.3. The summed E-state index contributed by atoms with van der Waals surface area (Å²) in [6.07, 6.45) is 6.02. The fourth-order valence-electron chi connectivity index (χ4n) is 3.46. The van der Waals surface area contributed by atoms with E-state index in [1.54, 1.807) is 23.7 Å². The lowest BCUT2D eigenvalue weighted by atomic mass is 10.1. The monoisotopic (exact) mass is 370 g/mol. The van der Waals surface area contributed by atoms with Crippen LogP contribution in [0.5, 0.6) is 0 Å². The van der Waals surface area contributed by atoms with Crippen molar-refractivity contribution in [3.8, 4) is 6.07 Å². The van der Waals surface area contributed by atoms with Crippen molar-refractivity contribution in [2.75, 3.05) is 4.90 Å². The fourth-order valence-corrected chi connectivity index (χ4v) is 4.64. The zero-order valence-corrected chi connectivity index (χ0v) is 15.6. The van der Waals surface area contributed by atoms with E-state index in [9.17, 15) is 4.79 Å². The van der Waals surface area contributed by atoms with Crippen LogP contribution in [-0.4, -0.2) is 16.2 Å². The largest absolute Gasteiger partial charge is 0.346 e. The van der Waals surface area contributed by atoms with Crippen molar-refractivity contribution in [3.05, 3.63) is 46.1 Å². The summed E-state index contributed by atoms with van der Waals surface area (Å²) in [7, 11) is 0. The molecule has 1 heterocycles. The molecule has 1 aliphatic rings. The van der Waals surface area contributed by atoms with Crippen LogP contribution in [-0.2, 0) is 13.0 Å². The maximum absolute atomic E-state index is 12.3. The molecule has 0 aliphatic heterocycles. The highest BCUT2D eigenvalue weighted by Gasteiger charge is 2.23. The van der Waals surface area contributed by atoms with Gasteiger partial charge in [0.25, 0.3) is 0 Å². The summed E-state index contributed by atoms with van der Waals surface area (Å²) in [6, 6.07) is 8.60. The van der Waals surface area contributed by atoms with Gasteiger partial charge in [-0.05, 0) is 30.5 Å². The molecular formula is C19H22N4O2S. The Balaban J connectivity index is 1.84. The molecule has 1 aromatic heterocycles. The molecular weight excluding hydrogens is 348 g/mol. The predicted molar refractivity (Wildman–Crippen MR) is 100 cm³/mol. The summed E-state index contributed by atoms with van der Waals surface area (Å²) < 4.78 is 0. The number of hydrogen-bond acceptors (Lipinski definition) is 5. The molecule has 0 unspecified atom stereocenters. The number of hydrogen-bond donors (Lipinski definition) is 2. The molecule has 136 valence electrons. The van der Waals surface area contributed by atoms with Gasteiger partial charge < -0.3 is 0 Å². The van der Waals surface area contributed by atoms with Gasteiger partial charge in [0.1, 0.15) is 5.00 Å². The second-order valence-electron chi connectivity index (χ2n) is 6.67. The van der Waals surface area contributed by atoms with Crippen LogP contribution in [0.15, 0.2) is 24.3 Å². The summed E-state index contributed by atoms with van der Waals surface area (Å²) in [5, 5.41) is 20.0. The first-order valence-corrected chi connectivity index (χ1v) is 9.59. The van der Waals surface area contributed by atoms with Crippen molar-refractivity contribution in [1.82, 2.24) is 10.5 Å². The first kappa shape index (κ1) is 18.4. The molecule has 2 N–H and O–H groups in total. The molecule has 0 radical (unpaired) electrons. The SMILES string of the molecule is Cc1nc(CC2CCCC2)sc1N(Cc1cccc(C#N)c1)C(=O)NO. The van der Waals surface area contributed by atoms with E-state index in [2.05, 4.69) is 11.1 Å². The number of carbonyl (C=O) groups excluding carboxylic acids is 1. The van der Waals surface area contributed by atoms with Crippen molar-refractivity contribution in [2.45, 2.75) is 45.6 Å². The average Bonchev–Trinajstić information content (AvgIpc) is 3.29. The van der Waals surface area contributed by atoms with Gasteiger partial charge in [0, 0.05) is 6.42 Å². The number of amides is 2. The van der Waals surface area contributed by atoms with Gasteiger partial charge in [-0.1, -0.05) is 37.8 Å². The van der Waals surface area contributed by atoms with E-state index in [0.717, 1.165) is 27.7 Å². The van der Waals surface area contributed by atoms with Crippen LogP contribution >= 0.6 is 11.3 Å². The third kappa shape index (κ3) is 4.21. The van der Waals surface area contributed by atoms with Gasteiger partial charge in [0.15, 0.2) is 0 Å². The highest BCUT2D eigenvalue weighted by atomic mass is 32.1.